The molecule has 0 heterocycles. The molecular formula is C17H13ClF4N2O2. The molecule has 2 rings (SSSR count). The number of alkyl halides is 3. The van der Waals surface area contributed by atoms with Crippen molar-refractivity contribution in [3.8, 4) is 0 Å². The number of carbonyl (C=O) groups is 2. The van der Waals surface area contributed by atoms with Crippen molar-refractivity contribution in [1.29, 1.82) is 0 Å². The summed E-state index contributed by atoms with van der Waals surface area (Å²) in [6.07, 6.45) is -4.68. The number of hydrogen-bond donors (Lipinski definition) is 1. The van der Waals surface area contributed by atoms with Gasteiger partial charge in [0.2, 0.25) is 11.8 Å². The van der Waals surface area contributed by atoms with E-state index in [4.69, 9.17) is 11.6 Å². The highest BCUT2D eigenvalue weighted by Crippen LogP contribution is 2.36. The van der Waals surface area contributed by atoms with Crippen LogP contribution in [0.2, 0.25) is 5.02 Å². The molecule has 0 saturated heterocycles. The van der Waals surface area contributed by atoms with Crippen LogP contribution in [0.3, 0.4) is 0 Å². The fraction of sp³-hybridized carbons (Fsp3) is 0.176. The monoisotopic (exact) mass is 388 g/mol. The zero-order valence-corrected chi connectivity index (χ0v) is 14.2. The summed E-state index contributed by atoms with van der Waals surface area (Å²) < 4.78 is 51.9. The normalized spacial score (nSPS) is 11.2. The van der Waals surface area contributed by atoms with Crippen LogP contribution in [0.1, 0.15) is 12.5 Å². The molecule has 0 saturated carbocycles. The van der Waals surface area contributed by atoms with Gasteiger partial charge in [0.15, 0.2) is 0 Å². The number of benzene rings is 2. The van der Waals surface area contributed by atoms with Gasteiger partial charge in [0.05, 0.1) is 10.6 Å². The van der Waals surface area contributed by atoms with Crippen LogP contribution >= 0.6 is 11.6 Å². The number of nitrogens with zero attached hydrogens (tertiary/aromatic N) is 1. The van der Waals surface area contributed by atoms with E-state index < -0.39 is 40.9 Å². The molecule has 2 amide bonds. The number of hydrogen-bond acceptors (Lipinski definition) is 2. The summed E-state index contributed by atoms with van der Waals surface area (Å²) in [6.45, 7) is 0.686. The zero-order valence-electron chi connectivity index (χ0n) is 13.4. The summed E-state index contributed by atoms with van der Waals surface area (Å²) in [6, 6.07) is 7.95. The molecule has 0 unspecified atom stereocenters. The Hall–Kier alpha value is -2.61. The lowest BCUT2D eigenvalue weighted by molar-refractivity contribution is -0.137. The summed E-state index contributed by atoms with van der Waals surface area (Å²) in [5.41, 5.74) is -1.07. The Morgan fingerprint density at radius 2 is 1.85 bits per heavy atom. The van der Waals surface area contributed by atoms with Gasteiger partial charge in [-0.05, 0) is 36.4 Å². The van der Waals surface area contributed by atoms with Crippen molar-refractivity contribution in [1.82, 2.24) is 0 Å². The molecule has 138 valence electrons. The minimum atomic E-state index is -4.68. The van der Waals surface area contributed by atoms with Crippen LogP contribution in [0.25, 0.3) is 0 Å². The largest absolute Gasteiger partial charge is 0.417 e. The molecule has 0 aliphatic carbocycles. The quantitative estimate of drug-likeness (QED) is 0.784. The van der Waals surface area contributed by atoms with Gasteiger partial charge >= 0.3 is 6.18 Å². The Kier molecular flexibility index (Phi) is 5.86. The summed E-state index contributed by atoms with van der Waals surface area (Å²) in [7, 11) is 0. The molecule has 0 fully saturated rings. The van der Waals surface area contributed by atoms with Crippen molar-refractivity contribution >= 4 is 34.8 Å². The van der Waals surface area contributed by atoms with Crippen molar-refractivity contribution in [3.05, 3.63) is 58.9 Å². The Labute approximate surface area is 151 Å². The number of nitrogens with one attached hydrogen (secondary N) is 1. The summed E-state index contributed by atoms with van der Waals surface area (Å²) in [5.74, 6) is -1.88. The highest BCUT2D eigenvalue weighted by molar-refractivity contribution is 6.31. The summed E-state index contributed by atoms with van der Waals surface area (Å²) in [5, 5.41) is 1.77. The number of carbonyl (C=O) groups excluding carboxylic acids is 2. The number of halogens is 5. The number of rotatable bonds is 4. The lowest BCUT2D eigenvalue weighted by atomic mass is 10.2. The Morgan fingerprint density at radius 1 is 1.15 bits per heavy atom. The van der Waals surface area contributed by atoms with Crippen molar-refractivity contribution in [2.24, 2.45) is 0 Å². The van der Waals surface area contributed by atoms with E-state index in [0.29, 0.717) is 6.07 Å². The maximum atomic E-state index is 13.3. The van der Waals surface area contributed by atoms with Crippen molar-refractivity contribution in [3.63, 3.8) is 0 Å². The van der Waals surface area contributed by atoms with Crippen molar-refractivity contribution in [2.45, 2.75) is 13.1 Å². The van der Waals surface area contributed by atoms with Gasteiger partial charge in [0.1, 0.15) is 12.4 Å². The second-order valence-corrected chi connectivity index (χ2v) is 5.73. The molecule has 0 aliphatic rings. The molecule has 4 nitrogen and oxygen atoms in total. The van der Waals surface area contributed by atoms with E-state index in [9.17, 15) is 27.2 Å². The smallest absolute Gasteiger partial charge is 0.325 e. The van der Waals surface area contributed by atoms with E-state index in [1.165, 1.54) is 31.2 Å². The van der Waals surface area contributed by atoms with Gasteiger partial charge in [-0.1, -0.05) is 17.7 Å². The SMILES string of the molecule is CC(=O)N(CC(=O)Nc1ccc(Cl)c(C(F)(F)F)c1)c1cccc(F)c1. The fourth-order valence-electron chi connectivity index (χ4n) is 2.19. The maximum absolute atomic E-state index is 13.3. The maximum Gasteiger partial charge on any atom is 0.417 e. The second kappa shape index (κ2) is 7.74. The van der Waals surface area contributed by atoms with E-state index in [-0.39, 0.29) is 11.4 Å². The Morgan fingerprint density at radius 3 is 2.42 bits per heavy atom. The van der Waals surface area contributed by atoms with Crippen LogP contribution < -0.4 is 10.2 Å². The first-order valence-electron chi connectivity index (χ1n) is 7.28. The lowest BCUT2D eigenvalue weighted by Crippen LogP contribution is -2.36. The molecule has 2 aromatic rings. The highest BCUT2D eigenvalue weighted by atomic mass is 35.5. The first kappa shape index (κ1) is 19.7. The highest BCUT2D eigenvalue weighted by Gasteiger charge is 2.33. The lowest BCUT2D eigenvalue weighted by Gasteiger charge is -2.21. The van der Waals surface area contributed by atoms with Crippen molar-refractivity contribution < 1.29 is 27.2 Å². The average molecular weight is 389 g/mol. The van der Waals surface area contributed by atoms with Crippen LogP contribution in [0.15, 0.2) is 42.5 Å². The van der Waals surface area contributed by atoms with Crippen LogP contribution in [0.4, 0.5) is 28.9 Å². The molecule has 0 radical (unpaired) electrons. The molecule has 1 N–H and O–H groups in total. The van der Waals surface area contributed by atoms with Gasteiger partial charge < -0.3 is 10.2 Å². The van der Waals surface area contributed by atoms with Crippen LogP contribution in [0, 0.1) is 5.82 Å². The summed E-state index contributed by atoms with van der Waals surface area (Å²) >= 11 is 5.52. The van der Waals surface area contributed by atoms with Gasteiger partial charge in [-0.25, -0.2) is 4.39 Å². The average Bonchev–Trinajstić information content (AvgIpc) is 2.53. The Bertz CT molecular complexity index is 840. The summed E-state index contributed by atoms with van der Waals surface area (Å²) in [4.78, 5) is 24.8. The van der Waals surface area contributed by atoms with Crippen LogP contribution in [-0.4, -0.2) is 18.4 Å². The van der Waals surface area contributed by atoms with E-state index in [1.807, 2.05) is 0 Å². The van der Waals surface area contributed by atoms with Gasteiger partial charge in [0, 0.05) is 18.3 Å². The molecule has 9 heteroatoms. The standard InChI is InChI=1S/C17H13ClF4N2O2/c1-10(25)24(13-4-2-3-11(19)7-13)9-16(26)23-12-5-6-15(18)14(8-12)17(20,21)22/h2-8H,9H2,1H3,(H,23,26). The van der Waals surface area contributed by atoms with Gasteiger partial charge in [-0.2, -0.15) is 13.2 Å². The van der Waals surface area contributed by atoms with Gasteiger partial charge in [-0.15, -0.1) is 0 Å². The third-order valence-electron chi connectivity index (χ3n) is 3.36. The van der Waals surface area contributed by atoms with Crippen LogP contribution in [-0.2, 0) is 15.8 Å². The third kappa shape index (κ3) is 4.95. The van der Waals surface area contributed by atoms with Crippen LogP contribution in [0.5, 0.6) is 0 Å². The molecule has 26 heavy (non-hydrogen) atoms. The second-order valence-electron chi connectivity index (χ2n) is 5.33. The molecule has 0 aromatic heterocycles. The molecule has 0 spiro atoms. The van der Waals surface area contributed by atoms with Gasteiger partial charge in [-0.3, -0.25) is 9.59 Å². The van der Waals surface area contributed by atoms with E-state index in [0.717, 1.165) is 17.0 Å². The molecule has 0 bridgehead atoms. The minimum absolute atomic E-state index is 0.130. The first-order chi connectivity index (χ1) is 12.1. The van der Waals surface area contributed by atoms with Crippen molar-refractivity contribution in [2.75, 3.05) is 16.8 Å². The number of amides is 2. The van der Waals surface area contributed by atoms with E-state index in [1.54, 1.807) is 0 Å². The molecular weight excluding hydrogens is 376 g/mol. The first-order valence-corrected chi connectivity index (χ1v) is 7.66. The Balaban J connectivity index is 2.18. The molecule has 0 atom stereocenters. The predicted molar refractivity (Wildman–Crippen MR) is 89.5 cm³/mol. The number of anilines is 2. The predicted octanol–water partition coefficient (Wildman–Crippen LogP) is 4.49. The van der Waals surface area contributed by atoms with E-state index >= 15 is 0 Å². The molecule has 2 aromatic carbocycles. The third-order valence-corrected chi connectivity index (χ3v) is 3.69. The zero-order chi connectivity index (χ0) is 19.5. The minimum Gasteiger partial charge on any atom is -0.325 e. The van der Waals surface area contributed by atoms with E-state index in [2.05, 4.69) is 5.32 Å². The van der Waals surface area contributed by atoms with Gasteiger partial charge in [0.25, 0.3) is 0 Å². The molecule has 0 aliphatic heterocycles. The topological polar surface area (TPSA) is 49.4 Å². The fourth-order valence-corrected chi connectivity index (χ4v) is 2.42.